The fourth-order valence-electron chi connectivity index (χ4n) is 1.51. The molecule has 0 spiro atoms. The van der Waals surface area contributed by atoms with Crippen LogP contribution in [0.3, 0.4) is 0 Å². The molecule has 17 heavy (non-hydrogen) atoms. The molecule has 0 unspecified atom stereocenters. The summed E-state index contributed by atoms with van der Waals surface area (Å²) in [6, 6.07) is -0.0242. The van der Waals surface area contributed by atoms with E-state index in [2.05, 4.69) is 37.5 Å². The van der Waals surface area contributed by atoms with Crippen LogP contribution in [0.15, 0.2) is 11.6 Å². The fraction of sp³-hybridized carbons (Fsp3) is 0.786. The minimum Gasteiger partial charge on any atom is -0.338 e. The third kappa shape index (κ3) is 11.3. The summed E-state index contributed by atoms with van der Waals surface area (Å²) >= 11 is 0. The highest BCUT2D eigenvalue weighted by Gasteiger charge is 1.98. The Balaban J connectivity index is 3.27. The monoisotopic (exact) mass is 240 g/mol. The van der Waals surface area contributed by atoms with Crippen LogP contribution in [0.2, 0.25) is 0 Å². The summed E-state index contributed by atoms with van der Waals surface area (Å²) in [6.07, 6.45) is 8.92. The maximum absolute atomic E-state index is 11.3. The summed E-state index contributed by atoms with van der Waals surface area (Å²) in [4.78, 5) is 11.3. The summed E-state index contributed by atoms with van der Waals surface area (Å²) in [7, 11) is 0. The lowest BCUT2D eigenvalue weighted by atomic mass is 10.1. The van der Waals surface area contributed by atoms with Gasteiger partial charge in [0, 0.05) is 13.1 Å². The van der Waals surface area contributed by atoms with Gasteiger partial charge in [-0.25, -0.2) is 4.79 Å². The third-order valence-electron chi connectivity index (χ3n) is 2.84. The fourth-order valence-corrected chi connectivity index (χ4v) is 1.51. The van der Waals surface area contributed by atoms with Gasteiger partial charge < -0.3 is 10.6 Å². The molecule has 0 aromatic carbocycles. The first-order valence-corrected chi connectivity index (χ1v) is 6.84. The molecule has 0 radical (unpaired) electrons. The number of unbranched alkanes of at least 4 members (excludes halogenated alkanes) is 3. The van der Waals surface area contributed by atoms with E-state index in [1.807, 2.05) is 0 Å². The first kappa shape index (κ1) is 16.0. The molecule has 0 atom stereocenters. The zero-order chi connectivity index (χ0) is 12.9. The number of hydrogen-bond acceptors (Lipinski definition) is 1. The molecule has 100 valence electrons. The summed E-state index contributed by atoms with van der Waals surface area (Å²) in [5.41, 5.74) is 1.43. The van der Waals surface area contributed by atoms with Crippen LogP contribution in [0, 0.1) is 0 Å². The second-order valence-electron chi connectivity index (χ2n) is 4.48. The van der Waals surface area contributed by atoms with Crippen molar-refractivity contribution in [3.8, 4) is 0 Å². The summed E-state index contributed by atoms with van der Waals surface area (Å²) in [6.45, 7) is 7.94. The second-order valence-corrected chi connectivity index (χ2v) is 4.48. The number of carbonyl (C=O) groups is 1. The largest absolute Gasteiger partial charge is 0.338 e. The first-order chi connectivity index (χ1) is 8.20. The molecule has 0 aliphatic heterocycles. The van der Waals surface area contributed by atoms with Crippen molar-refractivity contribution < 1.29 is 4.79 Å². The molecule has 0 aromatic heterocycles. The van der Waals surface area contributed by atoms with Crippen LogP contribution >= 0.6 is 0 Å². The van der Waals surface area contributed by atoms with E-state index < -0.39 is 0 Å². The predicted octanol–water partition coefficient (Wildman–Crippen LogP) is 3.61. The van der Waals surface area contributed by atoms with Gasteiger partial charge in [-0.05, 0) is 39.5 Å². The zero-order valence-corrected chi connectivity index (χ0v) is 11.6. The van der Waals surface area contributed by atoms with Gasteiger partial charge in [0.05, 0.1) is 0 Å². The van der Waals surface area contributed by atoms with Gasteiger partial charge in [-0.1, -0.05) is 31.4 Å². The SMILES string of the molecule is C/C=C(\C)CCCCNC(=O)NCCCCC. The van der Waals surface area contributed by atoms with E-state index in [1.54, 1.807) is 0 Å². The molecule has 0 heterocycles. The first-order valence-electron chi connectivity index (χ1n) is 6.84. The topological polar surface area (TPSA) is 41.1 Å². The van der Waals surface area contributed by atoms with Crippen molar-refractivity contribution in [3.63, 3.8) is 0 Å². The number of amides is 2. The second kappa shape index (κ2) is 11.5. The minimum absolute atomic E-state index is 0.0242. The van der Waals surface area contributed by atoms with Crippen molar-refractivity contribution in [1.29, 1.82) is 0 Å². The Hall–Kier alpha value is -0.990. The van der Waals surface area contributed by atoms with Gasteiger partial charge in [0.2, 0.25) is 0 Å². The maximum atomic E-state index is 11.3. The summed E-state index contributed by atoms with van der Waals surface area (Å²) < 4.78 is 0. The lowest BCUT2D eigenvalue weighted by Gasteiger charge is -2.07. The van der Waals surface area contributed by atoms with Crippen molar-refractivity contribution in [1.82, 2.24) is 10.6 Å². The summed E-state index contributed by atoms with van der Waals surface area (Å²) in [5.74, 6) is 0. The van der Waals surface area contributed by atoms with Crippen molar-refractivity contribution in [2.45, 2.75) is 59.3 Å². The molecule has 2 amide bonds. The molecular weight excluding hydrogens is 212 g/mol. The smallest absolute Gasteiger partial charge is 0.314 e. The van der Waals surface area contributed by atoms with E-state index >= 15 is 0 Å². The molecule has 0 aliphatic carbocycles. The number of allylic oxidation sites excluding steroid dienone is 2. The highest BCUT2D eigenvalue weighted by Crippen LogP contribution is 2.04. The highest BCUT2D eigenvalue weighted by atomic mass is 16.2. The number of urea groups is 1. The molecule has 0 rings (SSSR count). The molecule has 3 heteroatoms. The zero-order valence-electron chi connectivity index (χ0n) is 11.6. The molecule has 0 aliphatic rings. The Labute approximate surface area is 106 Å². The van der Waals surface area contributed by atoms with Gasteiger partial charge in [0.1, 0.15) is 0 Å². The van der Waals surface area contributed by atoms with Crippen LogP contribution in [0.4, 0.5) is 4.79 Å². The predicted molar refractivity (Wildman–Crippen MR) is 74.2 cm³/mol. The van der Waals surface area contributed by atoms with Crippen molar-refractivity contribution in [3.05, 3.63) is 11.6 Å². The molecule has 2 N–H and O–H groups in total. The van der Waals surface area contributed by atoms with Gasteiger partial charge in [-0.2, -0.15) is 0 Å². The van der Waals surface area contributed by atoms with E-state index in [0.29, 0.717) is 0 Å². The van der Waals surface area contributed by atoms with Crippen molar-refractivity contribution in [2.24, 2.45) is 0 Å². The van der Waals surface area contributed by atoms with Crippen LogP contribution in [0.1, 0.15) is 59.3 Å². The number of carbonyl (C=O) groups excluding carboxylic acids is 1. The summed E-state index contributed by atoms with van der Waals surface area (Å²) in [5, 5.41) is 5.75. The van der Waals surface area contributed by atoms with Crippen LogP contribution in [0.25, 0.3) is 0 Å². The number of rotatable bonds is 9. The van der Waals surface area contributed by atoms with Crippen LogP contribution in [-0.4, -0.2) is 19.1 Å². The van der Waals surface area contributed by atoms with Gasteiger partial charge in [0.25, 0.3) is 0 Å². The standard InChI is InChI=1S/C14H28N2O/c1-4-6-8-11-15-14(17)16-12-9-7-10-13(3)5-2/h5H,4,6-12H2,1-3H3,(H2,15,16,17)/b13-5+. The average molecular weight is 240 g/mol. The van der Waals surface area contributed by atoms with E-state index in [-0.39, 0.29) is 6.03 Å². The molecule has 0 fully saturated rings. The Kier molecular flexibility index (Phi) is 10.8. The molecule has 0 saturated carbocycles. The third-order valence-corrected chi connectivity index (χ3v) is 2.84. The Morgan fingerprint density at radius 1 is 1.06 bits per heavy atom. The van der Waals surface area contributed by atoms with Crippen LogP contribution in [0.5, 0.6) is 0 Å². The molecule has 0 aromatic rings. The maximum Gasteiger partial charge on any atom is 0.314 e. The van der Waals surface area contributed by atoms with E-state index in [4.69, 9.17) is 0 Å². The van der Waals surface area contributed by atoms with Crippen molar-refractivity contribution in [2.75, 3.05) is 13.1 Å². The lowest BCUT2D eigenvalue weighted by Crippen LogP contribution is -2.36. The Morgan fingerprint density at radius 2 is 1.65 bits per heavy atom. The minimum atomic E-state index is -0.0242. The quantitative estimate of drug-likeness (QED) is 0.469. The number of nitrogens with one attached hydrogen (secondary N) is 2. The molecule has 0 saturated heterocycles. The van der Waals surface area contributed by atoms with Gasteiger partial charge in [-0.3, -0.25) is 0 Å². The van der Waals surface area contributed by atoms with Crippen LogP contribution in [-0.2, 0) is 0 Å². The van der Waals surface area contributed by atoms with Crippen LogP contribution < -0.4 is 10.6 Å². The Bertz CT molecular complexity index is 224. The van der Waals surface area contributed by atoms with Gasteiger partial charge >= 0.3 is 6.03 Å². The highest BCUT2D eigenvalue weighted by molar-refractivity contribution is 5.73. The van der Waals surface area contributed by atoms with E-state index in [0.717, 1.165) is 38.8 Å². The van der Waals surface area contributed by atoms with Crippen molar-refractivity contribution >= 4 is 6.03 Å². The number of hydrogen-bond donors (Lipinski definition) is 2. The van der Waals surface area contributed by atoms with Gasteiger partial charge in [0.15, 0.2) is 0 Å². The van der Waals surface area contributed by atoms with Gasteiger partial charge in [-0.15, -0.1) is 0 Å². The molecular formula is C14H28N2O. The molecule has 0 bridgehead atoms. The Morgan fingerprint density at radius 3 is 2.18 bits per heavy atom. The lowest BCUT2D eigenvalue weighted by molar-refractivity contribution is 0.240. The average Bonchev–Trinajstić information content (AvgIpc) is 2.34. The van der Waals surface area contributed by atoms with E-state index in [9.17, 15) is 4.79 Å². The molecule has 3 nitrogen and oxygen atoms in total. The van der Waals surface area contributed by atoms with E-state index in [1.165, 1.54) is 18.4 Å². The normalized spacial score (nSPS) is 11.4.